The van der Waals surface area contributed by atoms with Gasteiger partial charge in [-0.1, -0.05) is 26.7 Å². The first kappa shape index (κ1) is 19.3. The van der Waals surface area contributed by atoms with Crippen molar-refractivity contribution in [3.8, 4) is 29.2 Å². The van der Waals surface area contributed by atoms with Crippen LogP contribution >= 0.6 is 0 Å². The first-order valence-corrected chi connectivity index (χ1v) is 10.2. The van der Waals surface area contributed by atoms with Gasteiger partial charge in [0.2, 0.25) is 13.6 Å². The topological polar surface area (TPSA) is 64.0 Å². The van der Waals surface area contributed by atoms with E-state index >= 15 is 0 Å². The molecule has 0 radical (unpaired) electrons. The first-order chi connectivity index (χ1) is 14.2. The molecular formula is C23H26N2O4. The van der Waals surface area contributed by atoms with Crippen LogP contribution in [0.5, 0.6) is 23.0 Å². The van der Waals surface area contributed by atoms with Crippen LogP contribution in [0.1, 0.15) is 48.9 Å². The lowest BCUT2D eigenvalue weighted by molar-refractivity contribution is 0.173. The van der Waals surface area contributed by atoms with Gasteiger partial charge in [0, 0.05) is 0 Å². The molecule has 6 nitrogen and oxygen atoms in total. The van der Waals surface area contributed by atoms with Crippen molar-refractivity contribution in [2.45, 2.75) is 52.6 Å². The smallest absolute Gasteiger partial charge is 0.231 e. The number of ether oxygens (including phenoxy) is 4. The lowest BCUT2D eigenvalue weighted by Gasteiger charge is -2.20. The Hall–Kier alpha value is -3.07. The number of rotatable bonds is 8. The van der Waals surface area contributed by atoms with Crippen molar-refractivity contribution in [1.29, 1.82) is 5.26 Å². The molecule has 0 fully saturated rings. The number of fused-ring (bicyclic) bond motifs is 2. The minimum absolute atomic E-state index is 0.254. The standard InChI is InChI=1S/C23H26N2O4/c1-3-5-16-7-20-22(28-14-26-20)9-18(16)11-25(13-24)12-19-10-23-21(27-15-29-23)8-17(19)6-4-2/h7-10H,3-6,11-12,14-15H2,1-2H3. The molecule has 2 aromatic rings. The van der Waals surface area contributed by atoms with Gasteiger partial charge < -0.3 is 23.8 Å². The molecule has 0 bridgehead atoms. The Labute approximate surface area is 171 Å². The summed E-state index contributed by atoms with van der Waals surface area (Å²) in [7, 11) is 0. The summed E-state index contributed by atoms with van der Waals surface area (Å²) < 4.78 is 22.2. The summed E-state index contributed by atoms with van der Waals surface area (Å²) in [6.07, 6.45) is 6.30. The van der Waals surface area contributed by atoms with E-state index in [4.69, 9.17) is 18.9 Å². The first-order valence-electron chi connectivity index (χ1n) is 10.2. The lowest BCUT2D eigenvalue weighted by Crippen LogP contribution is -2.19. The Balaban J connectivity index is 1.59. The zero-order valence-electron chi connectivity index (χ0n) is 17.0. The molecule has 2 heterocycles. The average Bonchev–Trinajstić information content (AvgIpc) is 3.36. The second-order valence-electron chi connectivity index (χ2n) is 7.40. The van der Waals surface area contributed by atoms with Crippen LogP contribution < -0.4 is 18.9 Å². The zero-order chi connectivity index (χ0) is 20.2. The van der Waals surface area contributed by atoms with Gasteiger partial charge in [-0.05, 0) is 59.4 Å². The van der Waals surface area contributed by atoms with Gasteiger partial charge in [0.15, 0.2) is 29.2 Å². The Morgan fingerprint density at radius 1 is 0.724 bits per heavy atom. The molecule has 0 unspecified atom stereocenters. The van der Waals surface area contributed by atoms with E-state index in [1.54, 1.807) is 4.90 Å². The predicted molar refractivity (Wildman–Crippen MR) is 108 cm³/mol. The number of benzene rings is 2. The van der Waals surface area contributed by atoms with Gasteiger partial charge in [-0.3, -0.25) is 0 Å². The Morgan fingerprint density at radius 3 is 1.45 bits per heavy atom. The fourth-order valence-corrected chi connectivity index (χ4v) is 3.89. The molecule has 0 aromatic heterocycles. The van der Waals surface area contributed by atoms with E-state index in [1.807, 2.05) is 12.1 Å². The zero-order valence-corrected chi connectivity index (χ0v) is 17.0. The summed E-state index contributed by atoms with van der Waals surface area (Å²) in [5.41, 5.74) is 4.62. The highest BCUT2D eigenvalue weighted by Gasteiger charge is 2.21. The van der Waals surface area contributed by atoms with Gasteiger partial charge in [-0.2, -0.15) is 5.26 Å². The van der Waals surface area contributed by atoms with Crippen LogP contribution in [0.3, 0.4) is 0 Å². The van der Waals surface area contributed by atoms with Gasteiger partial charge in [0.25, 0.3) is 0 Å². The molecule has 0 spiro atoms. The summed E-state index contributed by atoms with van der Waals surface area (Å²) in [6.45, 7) is 5.87. The van der Waals surface area contributed by atoms with Crippen molar-refractivity contribution in [2.75, 3.05) is 13.6 Å². The second-order valence-corrected chi connectivity index (χ2v) is 7.40. The Morgan fingerprint density at radius 2 is 1.10 bits per heavy atom. The third-order valence-corrected chi connectivity index (χ3v) is 5.29. The quantitative estimate of drug-likeness (QED) is 0.484. The minimum atomic E-state index is 0.254. The monoisotopic (exact) mass is 394 g/mol. The molecule has 0 saturated carbocycles. The minimum Gasteiger partial charge on any atom is -0.454 e. The summed E-state index contributed by atoms with van der Waals surface area (Å²) in [5, 5.41) is 9.84. The molecule has 6 heteroatoms. The molecule has 4 rings (SSSR count). The number of nitrogens with zero attached hydrogens (tertiary/aromatic N) is 2. The second kappa shape index (κ2) is 8.52. The van der Waals surface area contributed by atoms with Crippen molar-refractivity contribution in [3.05, 3.63) is 46.5 Å². The maximum Gasteiger partial charge on any atom is 0.231 e. The van der Waals surface area contributed by atoms with Crippen LogP contribution in [0.15, 0.2) is 24.3 Å². The van der Waals surface area contributed by atoms with Crippen molar-refractivity contribution in [1.82, 2.24) is 4.90 Å². The third-order valence-electron chi connectivity index (χ3n) is 5.29. The van der Waals surface area contributed by atoms with Gasteiger partial charge in [-0.25, -0.2) is 0 Å². The van der Waals surface area contributed by atoms with Crippen molar-refractivity contribution in [2.24, 2.45) is 0 Å². The number of hydrogen-bond acceptors (Lipinski definition) is 6. The van der Waals surface area contributed by atoms with Crippen molar-refractivity contribution in [3.63, 3.8) is 0 Å². The Kier molecular flexibility index (Phi) is 5.66. The van der Waals surface area contributed by atoms with Crippen LogP contribution in [0, 0.1) is 11.5 Å². The van der Waals surface area contributed by atoms with Gasteiger partial charge in [-0.15, -0.1) is 0 Å². The van der Waals surface area contributed by atoms with Crippen LogP contribution in [-0.2, 0) is 25.9 Å². The van der Waals surface area contributed by atoms with Gasteiger partial charge in [0.1, 0.15) is 0 Å². The van der Waals surface area contributed by atoms with Crippen LogP contribution in [0.4, 0.5) is 0 Å². The molecule has 2 aromatic carbocycles. The summed E-state index contributed by atoms with van der Waals surface area (Å²) >= 11 is 0. The maximum atomic E-state index is 9.84. The number of nitriles is 1. The molecule has 29 heavy (non-hydrogen) atoms. The van der Waals surface area contributed by atoms with E-state index in [-0.39, 0.29) is 13.6 Å². The maximum absolute atomic E-state index is 9.84. The fraction of sp³-hybridized carbons (Fsp3) is 0.435. The summed E-state index contributed by atoms with van der Waals surface area (Å²) in [6, 6.07) is 8.15. The van der Waals surface area contributed by atoms with E-state index in [0.29, 0.717) is 13.1 Å². The molecule has 2 aliphatic rings. The highest BCUT2D eigenvalue weighted by atomic mass is 16.7. The van der Waals surface area contributed by atoms with E-state index < -0.39 is 0 Å². The molecule has 0 N–H and O–H groups in total. The highest BCUT2D eigenvalue weighted by Crippen LogP contribution is 2.37. The molecular weight excluding hydrogens is 368 g/mol. The third kappa shape index (κ3) is 4.04. The number of hydrogen-bond donors (Lipinski definition) is 0. The van der Waals surface area contributed by atoms with Crippen LogP contribution in [-0.4, -0.2) is 18.5 Å². The van der Waals surface area contributed by atoms with Crippen molar-refractivity contribution < 1.29 is 18.9 Å². The van der Waals surface area contributed by atoms with Crippen molar-refractivity contribution >= 4 is 0 Å². The molecule has 152 valence electrons. The highest BCUT2D eigenvalue weighted by molar-refractivity contribution is 5.50. The molecule has 0 saturated heterocycles. The van der Waals surface area contributed by atoms with E-state index in [1.165, 1.54) is 11.1 Å². The SMILES string of the molecule is CCCc1cc2c(cc1CN(C#N)Cc1cc3c(cc1CCC)OCO3)OCO2. The molecule has 0 amide bonds. The predicted octanol–water partition coefficient (Wildman–Crippen LogP) is 4.53. The normalized spacial score (nSPS) is 13.4. The van der Waals surface area contributed by atoms with Crippen LogP contribution in [0.2, 0.25) is 0 Å². The van der Waals surface area contributed by atoms with E-state index in [0.717, 1.165) is 59.8 Å². The molecule has 0 aliphatic carbocycles. The van der Waals surface area contributed by atoms with Crippen LogP contribution in [0.25, 0.3) is 0 Å². The average molecular weight is 394 g/mol. The number of aryl methyl sites for hydroxylation is 2. The van der Waals surface area contributed by atoms with E-state index in [9.17, 15) is 5.26 Å². The van der Waals surface area contributed by atoms with E-state index in [2.05, 4.69) is 32.2 Å². The Bertz CT molecular complexity index is 866. The largest absolute Gasteiger partial charge is 0.454 e. The van der Waals surface area contributed by atoms with Gasteiger partial charge in [0.05, 0.1) is 13.1 Å². The fourth-order valence-electron chi connectivity index (χ4n) is 3.89. The molecule has 2 aliphatic heterocycles. The summed E-state index contributed by atoms with van der Waals surface area (Å²) in [5.74, 6) is 3.10. The van der Waals surface area contributed by atoms with Gasteiger partial charge >= 0.3 is 0 Å². The summed E-state index contributed by atoms with van der Waals surface area (Å²) in [4.78, 5) is 1.79. The molecule has 0 atom stereocenters. The lowest BCUT2D eigenvalue weighted by atomic mass is 10.00.